The predicted octanol–water partition coefficient (Wildman–Crippen LogP) is 2.73. The molecule has 6 heteroatoms. The number of pyridine rings is 1. The number of piperazine rings is 1. The minimum atomic E-state index is 0.702. The molecule has 1 fully saturated rings. The molecule has 0 saturated carbocycles. The van der Waals surface area contributed by atoms with Crippen molar-refractivity contribution < 1.29 is 0 Å². The van der Waals surface area contributed by atoms with Gasteiger partial charge in [-0.15, -0.1) is 0 Å². The lowest BCUT2D eigenvalue weighted by atomic mass is 10.1. The van der Waals surface area contributed by atoms with E-state index in [9.17, 15) is 0 Å². The van der Waals surface area contributed by atoms with Crippen LogP contribution in [0.5, 0.6) is 0 Å². The molecule has 1 aliphatic rings. The van der Waals surface area contributed by atoms with Crippen LogP contribution in [0.3, 0.4) is 0 Å². The Morgan fingerprint density at radius 2 is 1.67 bits per heavy atom. The van der Waals surface area contributed by atoms with E-state index in [0.717, 1.165) is 50.1 Å². The van der Waals surface area contributed by atoms with Crippen molar-refractivity contribution in [2.75, 3.05) is 31.1 Å². The number of aromatic nitrogens is 3. The standard InChI is InChI=1S/C21H20N6/c22-15-17-4-6-18(7-5-17)16-26-11-13-27(14-12-26)21-24-10-8-20(25-21)19-3-1-2-9-23-19/h1-10H,11-14,16H2. The lowest BCUT2D eigenvalue weighted by Gasteiger charge is -2.34. The molecule has 0 aliphatic carbocycles. The maximum Gasteiger partial charge on any atom is 0.225 e. The van der Waals surface area contributed by atoms with Gasteiger partial charge in [-0.05, 0) is 35.9 Å². The summed E-state index contributed by atoms with van der Waals surface area (Å²) in [6, 6.07) is 17.7. The van der Waals surface area contributed by atoms with Crippen LogP contribution in [-0.4, -0.2) is 46.0 Å². The second-order valence-electron chi connectivity index (χ2n) is 6.53. The Morgan fingerprint density at radius 3 is 2.37 bits per heavy atom. The molecule has 1 saturated heterocycles. The lowest BCUT2D eigenvalue weighted by molar-refractivity contribution is 0.248. The molecule has 0 bridgehead atoms. The Morgan fingerprint density at radius 1 is 0.852 bits per heavy atom. The molecule has 1 aliphatic heterocycles. The largest absolute Gasteiger partial charge is 0.338 e. The van der Waals surface area contributed by atoms with Crippen LogP contribution in [0.4, 0.5) is 5.95 Å². The van der Waals surface area contributed by atoms with E-state index < -0.39 is 0 Å². The van der Waals surface area contributed by atoms with Crippen LogP contribution in [-0.2, 0) is 6.54 Å². The number of hydrogen-bond acceptors (Lipinski definition) is 6. The molecule has 0 spiro atoms. The SMILES string of the molecule is N#Cc1ccc(CN2CCN(c3nccc(-c4ccccn4)n3)CC2)cc1. The van der Waals surface area contributed by atoms with Gasteiger partial charge in [-0.25, -0.2) is 9.97 Å². The van der Waals surface area contributed by atoms with Gasteiger partial charge >= 0.3 is 0 Å². The normalized spacial score (nSPS) is 14.7. The Balaban J connectivity index is 1.38. The van der Waals surface area contributed by atoms with Gasteiger partial charge in [-0.3, -0.25) is 9.88 Å². The molecule has 1 aromatic carbocycles. The van der Waals surface area contributed by atoms with Gasteiger partial charge in [0, 0.05) is 45.1 Å². The Labute approximate surface area is 158 Å². The van der Waals surface area contributed by atoms with Gasteiger partial charge in [-0.1, -0.05) is 18.2 Å². The fourth-order valence-corrected chi connectivity index (χ4v) is 3.21. The van der Waals surface area contributed by atoms with E-state index >= 15 is 0 Å². The monoisotopic (exact) mass is 356 g/mol. The van der Waals surface area contributed by atoms with Crippen molar-refractivity contribution in [1.82, 2.24) is 19.9 Å². The smallest absolute Gasteiger partial charge is 0.225 e. The van der Waals surface area contributed by atoms with Crippen LogP contribution in [0.25, 0.3) is 11.4 Å². The van der Waals surface area contributed by atoms with Gasteiger partial charge in [0.2, 0.25) is 5.95 Å². The quantitative estimate of drug-likeness (QED) is 0.716. The molecule has 0 radical (unpaired) electrons. The summed E-state index contributed by atoms with van der Waals surface area (Å²) in [4.78, 5) is 18.2. The van der Waals surface area contributed by atoms with Crippen molar-refractivity contribution in [2.24, 2.45) is 0 Å². The average molecular weight is 356 g/mol. The highest BCUT2D eigenvalue weighted by molar-refractivity contribution is 5.55. The molecule has 0 N–H and O–H groups in total. The van der Waals surface area contributed by atoms with Crippen LogP contribution in [0, 0.1) is 11.3 Å². The Bertz CT molecular complexity index is 925. The summed E-state index contributed by atoms with van der Waals surface area (Å²) in [6.07, 6.45) is 3.58. The van der Waals surface area contributed by atoms with Gasteiger partial charge in [0.25, 0.3) is 0 Å². The molecule has 134 valence electrons. The minimum Gasteiger partial charge on any atom is -0.338 e. The highest BCUT2D eigenvalue weighted by Gasteiger charge is 2.19. The Kier molecular flexibility index (Phi) is 5.04. The first-order chi connectivity index (χ1) is 13.3. The number of anilines is 1. The van der Waals surface area contributed by atoms with Crippen molar-refractivity contribution >= 4 is 5.95 Å². The third kappa shape index (κ3) is 4.10. The summed E-state index contributed by atoms with van der Waals surface area (Å²) in [7, 11) is 0. The van der Waals surface area contributed by atoms with Crippen molar-refractivity contribution in [2.45, 2.75) is 6.54 Å². The molecule has 3 aromatic rings. The van der Waals surface area contributed by atoms with E-state index in [1.54, 1.807) is 12.4 Å². The fraction of sp³-hybridized carbons (Fsp3) is 0.238. The third-order valence-corrected chi connectivity index (χ3v) is 4.71. The highest BCUT2D eigenvalue weighted by atomic mass is 15.3. The van der Waals surface area contributed by atoms with E-state index in [4.69, 9.17) is 10.2 Å². The predicted molar refractivity (Wildman–Crippen MR) is 104 cm³/mol. The number of rotatable bonds is 4. The zero-order valence-electron chi connectivity index (χ0n) is 15.0. The molecule has 4 rings (SSSR count). The first-order valence-electron chi connectivity index (χ1n) is 9.02. The van der Waals surface area contributed by atoms with E-state index in [2.05, 4.69) is 25.8 Å². The van der Waals surface area contributed by atoms with Crippen LogP contribution in [0.2, 0.25) is 0 Å². The topological polar surface area (TPSA) is 68.9 Å². The maximum atomic E-state index is 8.90. The third-order valence-electron chi connectivity index (χ3n) is 4.71. The number of benzene rings is 1. The molecule has 27 heavy (non-hydrogen) atoms. The zero-order chi connectivity index (χ0) is 18.5. The fourth-order valence-electron chi connectivity index (χ4n) is 3.21. The van der Waals surface area contributed by atoms with Crippen LogP contribution < -0.4 is 4.90 Å². The maximum absolute atomic E-state index is 8.90. The summed E-state index contributed by atoms with van der Waals surface area (Å²) < 4.78 is 0. The molecule has 0 atom stereocenters. The van der Waals surface area contributed by atoms with Crippen LogP contribution >= 0.6 is 0 Å². The van der Waals surface area contributed by atoms with E-state index in [1.165, 1.54) is 5.56 Å². The summed E-state index contributed by atoms with van der Waals surface area (Å²) in [5.41, 5.74) is 3.64. The second-order valence-corrected chi connectivity index (χ2v) is 6.53. The highest BCUT2D eigenvalue weighted by Crippen LogP contribution is 2.18. The van der Waals surface area contributed by atoms with Crippen molar-refractivity contribution in [1.29, 1.82) is 5.26 Å². The second kappa shape index (κ2) is 7.94. The van der Waals surface area contributed by atoms with Gasteiger partial charge in [0.1, 0.15) is 0 Å². The molecule has 6 nitrogen and oxygen atoms in total. The average Bonchev–Trinajstić information content (AvgIpc) is 2.75. The van der Waals surface area contributed by atoms with Crippen LogP contribution in [0.15, 0.2) is 60.9 Å². The molecular weight excluding hydrogens is 336 g/mol. The minimum absolute atomic E-state index is 0.702. The van der Waals surface area contributed by atoms with Crippen molar-refractivity contribution in [3.8, 4) is 17.5 Å². The molecule has 3 heterocycles. The van der Waals surface area contributed by atoms with Crippen molar-refractivity contribution in [3.63, 3.8) is 0 Å². The van der Waals surface area contributed by atoms with E-state index in [-0.39, 0.29) is 0 Å². The summed E-state index contributed by atoms with van der Waals surface area (Å²) in [5, 5.41) is 8.90. The number of hydrogen-bond donors (Lipinski definition) is 0. The van der Waals surface area contributed by atoms with Crippen LogP contribution in [0.1, 0.15) is 11.1 Å². The van der Waals surface area contributed by atoms with E-state index in [1.807, 2.05) is 48.5 Å². The first-order valence-corrected chi connectivity index (χ1v) is 9.02. The summed E-state index contributed by atoms with van der Waals surface area (Å²) in [5.74, 6) is 0.760. The first kappa shape index (κ1) is 17.1. The Hall–Kier alpha value is -3.30. The van der Waals surface area contributed by atoms with Gasteiger partial charge < -0.3 is 4.90 Å². The van der Waals surface area contributed by atoms with Gasteiger partial charge in [0.15, 0.2) is 0 Å². The lowest BCUT2D eigenvalue weighted by Crippen LogP contribution is -2.46. The number of nitrogens with zero attached hydrogens (tertiary/aromatic N) is 6. The zero-order valence-corrected chi connectivity index (χ0v) is 15.0. The molecule has 2 aromatic heterocycles. The molecule has 0 unspecified atom stereocenters. The molecular formula is C21H20N6. The number of nitriles is 1. The summed E-state index contributed by atoms with van der Waals surface area (Å²) >= 11 is 0. The van der Waals surface area contributed by atoms with Crippen molar-refractivity contribution in [3.05, 3.63) is 72.1 Å². The van der Waals surface area contributed by atoms with E-state index in [0.29, 0.717) is 5.56 Å². The van der Waals surface area contributed by atoms with Gasteiger partial charge in [0.05, 0.1) is 23.0 Å². The summed E-state index contributed by atoms with van der Waals surface area (Å²) in [6.45, 7) is 4.59. The van der Waals surface area contributed by atoms with Gasteiger partial charge in [-0.2, -0.15) is 5.26 Å². The molecule has 0 amide bonds.